The van der Waals surface area contributed by atoms with E-state index in [9.17, 15) is 9.59 Å². The van der Waals surface area contributed by atoms with Gasteiger partial charge in [-0.05, 0) is 48.9 Å². The van der Waals surface area contributed by atoms with Crippen LogP contribution in [0.1, 0.15) is 22.8 Å². The lowest BCUT2D eigenvalue weighted by Gasteiger charge is -2.06. The van der Waals surface area contributed by atoms with E-state index >= 15 is 0 Å². The lowest BCUT2D eigenvalue weighted by atomic mass is 10.0. The Kier molecular flexibility index (Phi) is 6.39. The van der Waals surface area contributed by atoms with E-state index in [0.717, 1.165) is 5.56 Å². The summed E-state index contributed by atoms with van der Waals surface area (Å²) in [7, 11) is 1.58. The van der Waals surface area contributed by atoms with Crippen LogP contribution < -0.4 is 4.74 Å². The number of rotatable bonds is 6. The van der Waals surface area contributed by atoms with Crippen LogP contribution in [0.25, 0.3) is 16.9 Å². The van der Waals surface area contributed by atoms with Gasteiger partial charge >= 0.3 is 11.9 Å². The van der Waals surface area contributed by atoms with Gasteiger partial charge < -0.3 is 14.2 Å². The third kappa shape index (κ3) is 4.44. The van der Waals surface area contributed by atoms with Crippen LogP contribution in [-0.2, 0) is 14.3 Å². The average Bonchev–Trinajstić information content (AvgIpc) is 3.38. The summed E-state index contributed by atoms with van der Waals surface area (Å²) in [4.78, 5) is 29.6. The summed E-state index contributed by atoms with van der Waals surface area (Å²) >= 11 is 7.24. The predicted molar refractivity (Wildman–Crippen MR) is 125 cm³/mol. The molecule has 2 aromatic carbocycles. The summed E-state index contributed by atoms with van der Waals surface area (Å²) in [5.41, 5.74) is 2.57. The van der Waals surface area contributed by atoms with Crippen LogP contribution in [0.15, 0.2) is 65.0 Å². The van der Waals surface area contributed by atoms with Gasteiger partial charge in [0.25, 0.3) is 0 Å². The van der Waals surface area contributed by atoms with Crippen molar-refractivity contribution in [1.29, 1.82) is 0 Å². The maximum atomic E-state index is 12.7. The Morgan fingerprint density at radius 1 is 1.09 bits per heavy atom. The Balaban J connectivity index is 1.73. The van der Waals surface area contributed by atoms with Crippen LogP contribution in [0, 0.1) is 0 Å². The summed E-state index contributed by atoms with van der Waals surface area (Å²) < 4.78 is 15.8. The molecular formula is C24H18ClNO5S. The number of aliphatic imine (C=N–C) groups is 1. The normalized spacial score (nSPS) is 14.3. The van der Waals surface area contributed by atoms with E-state index in [1.165, 1.54) is 11.3 Å². The average molecular weight is 468 g/mol. The maximum Gasteiger partial charge on any atom is 0.362 e. The molecule has 0 aliphatic carbocycles. The molecule has 3 aromatic rings. The highest BCUT2D eigenvalue weighted by Gasteiger charge is 2.27. The zero-order valence-corrected chi connectivity index (χ0v) is 18.8. The van der Waals surface area contributed by atoms with Gasteiger partial charge in [-0.3, -0.25) is 0 Å². The van der Waals surface area contributed by atoms with E-state index in [4.69, 9.17) is 25.8 Å². The van der Waals surface area contributed by atoms with E-state index in [-0.39, 0.29) is 12.3 Å². The Morgan fingerprint density at radius 3 is 2.44 bits per heavy atom. The van der Waals surface area contributed by atoms with E-state index in [0.29, 0.717) is 38.2 Å². The standard InChI is InChI=1S/C24H18ClNO5S/c1-3-30-24(28)21-18(14-4-8-16(25)9-5-14)13-32-22(21)26-19-12-20(31-23(19)27)15-6-10-17(29-2)11-7-15/h4-13H,3H2,1-2H3. The Morgan fingerprint density at radius 2 is 1.78 bits per heavy atom. The fraction of sp³-hybridized carbons (Fsp3) is 0.125. The third-order valence-electron chi connectivity index (χ3n) is 4.68. The van der Waals surface area contributed by atoms with Crippen molar-refractivity contribution >= 4 is 51.3 Å². The molecule has 6 nitrogen and oxygen atoms in total. The largest absolute Gasteiger partial charge is 0.497 e. The van der Waals surface area contributed by atoms with Gasteiger partial charge in [0.15, 0.2) is 5.71 Å². The van der Waals surface area contributed by atoms with Gasteiger partial charge in [-0.1, -0.05) is 23.7 Å². The number of benzene rings is 2. The van der Waals surface area contributed by atoms with E-state index in [1.807, 2.05) is 17.5 Å². The number of hydrogen-bond acceptors (Lipinski definition) is 7. The van der Waals surface area contributed by atoms with Gasteiger partial charge in [0.1, 0.15) is 22.1 Å². The molecule has 1 aliphatic heterocycles. The molecule has 0 N–H and O–H groups in total. The van der Waals surface area contributed by atoms with E-state index < -0.39 is 11.9 Å². The number of cyclic esters (lactones) is 1. The van der Waals surface area contributed by atoms with Crippen molar-refractivity contribution in [2.45, 2.75) is 6.92 Å². The summed E-state index contributed by atoms with van der Waals surface area (Å²) in [6.07, 6.45) is 1.56. The maximum absolute atomic E-state index is 12.7. The van der Waals surface area contributed by atoms with Crippen LogP contribution in [0.3, 0.4) is 0 Å². The molecule has 1 aromatic heterocycles. The number of nitrogens with zero attached hydrogens (tertiary/aromatic N) is 1. The summed E-state index contributed by atoms with van der Waals surface area (Å²) in [6.45, 7) is 1.95. The lowest BCUT2D eigenvalue weighted by Crippen LogP contribution is -2.08. The number of esters is 2. The third-order valence-corrected chi connectivity index (χ3v) is 5.81. The molecule has 0 unspecified atom stereocenters. The molecule has 2 heterocycles. The fourth-order valence-electron chi connectivity index (χ4n) is 3.12. The van der Waals surface area contributed by atoms with Crippen molar-refractivity contribution in [3.8, 4) is 16.9 Å². The predicted octanol–water partition coefficient (Wildman–Crippen LogP) is 5.92. The number of carbonyl (C=O) groups excluding carboxylic acids is 2. The SMILES string of the molecule is CCOC(=O)c1c(-c2ccc(Cl)cc2)csc1N=C1C=C(c2ccc(OC)cc2)OC1=O. The quantitative estimate of drug-likeness (QED) is 0.420. The number of hydrogen-bond donors (Lipinski definition) is 0. The number of halogens is 1. The second-order valence-corrected chi connectivity index (χ2v) is 7.98. The highest BCUT2D eigenvalue weighted by Crippen LogP contribution is 2.39. The topological polar surface area (TPSA) is 74.2 Å². The Bertz CT molecular complexity index is 1230. The first-order valence-electron chi connectivity index (χ1n) is 9.71. The highest BCUT2D eigenvalue weighted by atomic mass is 35.5. The van der Waals surface area contributed by atoms with Crippen LogP contribution in [0.5, 0.6) is 5.75 Å². The van der Waals surface area contributed by atoms with Crippen LogP contribution in [0.4, 0.5) is 5.00 Å². The van der Waals surface area contributed by atoms with Crippen molar-refractivity contribution in [3.63, 3.8) is 0 Å². The van der Waals surface area contributed by atoms with Gasteiger partial charge in [0, 0.05) is 27.6 Å². The molecule has 0 radical (unpaired) electrons. The Labute approximate surface area is 193 Å². The molecule has 162 valence electrons. The second kappa shape index (κ2) is 9.38. The van der Waals surface area contributed by atoms with Crippen molar-refractivity contribution < 1.29 is 23.8 Å². The van der Waals surface area contributed by atoms with Crippen LogP contribution in [-0.4, -0.2) is 31.4 Å². The molecule has 8 heteroatoms. The number of thiophene rings is 1. The van der Waals surface area contributed by atoms with E-state index in [1.54, 1.807) is 56.5 Å². The summed E-state index contributed by atoms with van der Waals surface area (Å²) in [5.74, 6) is -0.0284. The monoisotopic (exact) mass is 467 g/mol. The molecule has 32 heavy (non-hydrogen) atoms. The molecule has 0 spiro atoms. The summed E-state index contributed by atoms with van der Waals surface area (Å²) in [6, 6.07) is 14.2. The van der Waals surface area contributed by atoms with Crippen LogP contribution >= 0.6 is 22.9 Å². The summed E-state index contributed by atoms with van der Waals surface area (Å²) in [5, 5.41) is 2.77. The first kappa shape index (κ1) is 21.8. The molecule has 0 atom stereocenters. The number of methoxy groups -OCH3 is 1. The molecule has 0 fully saturated rings. The number of carbonyl (C=O) groups is 2. The molecule has 1 aliphatic rings. The minimum atomic E-state index is -0.591. The molecule has 0 amide bonds. The zero-order valence-electron chi connectivity index (χ0n) is 17.3. The fourth-order valence-corrected chi connectivity index (χ4v) is 4.19. The van der Waals surface area contributed by atoms with Crippen molar-refractivity contribution in [3.05, 3.63) is 76.1 Å². The second-order valence-electron chi connectivity index (χ2n) is 6.68. The zero-order chi connectivity index (χ0) is 22.7. The van der Waals surface area contributed by atoms with Crippen LogP contribution in [0.2, 0.25) is 5.02 Å². The van der Waals surface area contributed by atoms with Gasteiger partial charge in [-0.15, -0.1) is 11.3 Å². The minimum Gasteiger partial charge on any atom is -0.497 e. The molecule has 0 saturated heterocycles. The van der Waals surface area contributed by atoms with Crippen molar-refractivity contribution in [2.75, 3.05) is 13.7 Å². The Hall–Kier alpha value is -3.42. The minimum absolute atomic E-state index is 0.103. The smallest absolute Gasteiger partial charge is 0.362 e. The van der Waals surface area contributed by atoms with Gasteiger partial charge in [-0.2, -0.15) is 0 Å². The molecule has 0 saturated carbocycles. The van der Waals surface area contributed by atoms with Crippen molar-refractivity contribution in [2.24, 2.45) is 4.99 Å². The van der Waals surface area contributed by atoms with Gasteiger partial charge in [0.05, 0.1) is 13.7 Å². The lowest BCUT2D eigenvalue weighted by molar-refractivity contribution is -0.128. The first-order valence-corrected chi connectivity index (χ1v) is 11.0. The van der Waals surface area contributed by atoms with E-state index in [2.05, 4.69) is 4.99 Å². The van der Waals surface area contributed by atoms with Gasteiger partial charge in [0.2, 0.25) is 0 Å². The van der Waals surface area contributed by atoms with Gasteiger partial charge in [-0.25, -0.2) is 14.6 Å². The molecule has 0 bridgehead atoms. The highest BCUT2D eigenvalue weighted by molar-refractivity contribution is 7.15. The number of ether oxygens (including phenoxy) is 3. The molecular weight excluding hydrogens is 450 g/mol. The molecule has 4 rings (SSSR count). The van der Waals surface area contributed by atoms with Crippen molar-refractivity contribution in [1.82, 2.24) is 0 Å². The first-order chi connectivity index (χ1) is 15.5.